The van der Waals surface area contributed by atoms with E-state index in [2.05, 4.69) is 15.4 Å². The molecule has 4 rings (SSSR count). The lowest BCUT2D eigenvalue weighted by Crippen LogP contribution is -2.18. The third kappa shape index (κ3) is 3.73. The van der Waals surface area contributed by atoms with E-state index in [9.17, 15) is 4.79 Å². The van der Waals surface area contributed by atoms with E-state index in [0.29, 0.717) is 23.9 Å². The average Bonchev–Trinajstić information content (AvgIpc) is 3.37. The zero-order valence-corrected chi connectivity index (χ0v) is 16.5. The van der Waals surface area contributed by atoms with Crippen LogP contribution in [0.15, 0.2) is 66.0 Å². The van der Waals surface area contributed by atoms with Gasteiger partial charge in [-0.2, -0.15) is 9.67 Å². The van der Waals surface area contributed by atoms with E-state index < -0.39 is 0 Å². The van der Waals surface area contributed by atoms with Crippen LogP contribution in [0.3, 0.4) is 0 Å². The second-order valence-electron chi connectivity index (χ2n) is 6.59. The maximum atomic E-state index is 13.2. The quantitative estimate of drug-likeness (QED) is 0.527. The molecule has 140 valence electrons. The molecule has 2 aromatic carbocycles. The first-order chi connectivity index (χ1) is 13.6. The number of hydrogen-bond donors (Lipinski definition) is 1. The fourth-order valence-electron chi connectivity index (χ4n) is 2.90. The highest BCUT2D eigenvalue weighted by atomic mass is 32.1. The van der Waals surface area contributed by atoms with Crippen LogP contribution in [0.5, 0.6) is 0 Å². The van der Waals surface area contributed by atoms with E-state index in [4.69, 9.17) is 0 Å². The van der Waals surface area contributed by atoms with Crippen molar-refractivity contribution >= 4 is 23.2 Å². The summed E-state index contributed by atoms with van der Waals surface area (Å²) in [6.45, 7) is 4.54. The van der Waals surface area contributed by atoms with Gasteiger partial charge in [-0.25, -0.2) is 0 Å². The third-order valence-electron chi connectivity index (χ3n) is 4.49. The molecule has 28 heavy (non-hydrogen) atoms. The predicted octanol–water partition coefficient (Wildman–Crippen LogP) is 4.92. The smallest absolute Gasteiger partial charge is 0.281 e. The summed E-state index contributed by atoms with van der Waals surface area (Å²) in [5.41, 5.74) is 3.56. The number of aromatic nitrogens is 3. The molecule has 4 aromatic rings. The Morgan fingerprint density at radius 2 is 1.82 bits per heavy atom. The zero-order valence-electron chi connectivity index (χ0n) is 15.7. The van der Waals surface area contributed by atoms with E-state index >= 15 is 0 Å². The number of anilines is 1. The molecule has 0 spiro atoms. The number of rotatable bonds is 5. The molecule has 0 unspecified atom stereocenters. The van der Waals surface area contributed by atoms with Crippen molar-refractivity contribution in [3.8, 4) is 11.4 Å². The van der Waals surface area contributed by atoms with Crippen molar-refractivity contribution in [1.82, 2.24) is 14.8 Å². The highest BCUT2D eigenvalue weighted by Gasteiger charge is 2.20. The lowest BCUT2D eigenvalue weighted by Gasteiger charge is -2.08. The minimum Gasteiger partial charge on any atom is -0.349 e. The van der Waals surface area contributed by atoms with Gasteiger partial charge in [0.1, 0.15) is 0 Å². The van der Waals surface area contributed by atoms with Gasteiger partial charge in [0.25, 0.3) is 5.91 Å². The first-order valence-electron chi connectivity index (χ1n) is 9.02. The normalized spacial score (nSPS) is 10.8. The van der Waals surface area contributed by atoms with E-state index in [-0.39, 0.29) is 5.91 Å². The van der Waals surface area contributed by atoms with Gasteiger partial charge in [0, 0.05) is 16.0 Å². The topological polar surface area (TPSA) is 59.8 Å². The summed E-state index contributed by atoms with van der Waals surface area (Å²) in [5, 5.41) is 9.82. The molecular formula is C22H20N4OS. The van der Waals surface area contributed by atoms with Gasteiger partial charge in [0.15, 0.2) is 5.82 Å². The molecule has 2 heterocycles. The van der Waals surface area contributed by atoms with E-state index in [1.165, 1.54) is 4.68 Å². The molecule has 0 atom stereocenters. The van der Waals surface area contributed by atoms with Crippen LogP contribution in [0.1, 0.15) is 26.4 Å². The number of nitrogens with one attached hydrogen (secondary N) is 1. The number of nitrogens with zero attached hydrogens (tertiary/aromatic N) is 3. The first kappa shape index (κ1) is 18.1. The van der Waals surface area contributed by atoms with E-state index in [1.54, 1.807) is 11.3 Å². The molecule has 0 bridgehead atoms. The van der Waals surface area contributed by atoms with Crippen molar-refractivity contribution in [2.24, 2.45) is 0 Å². The third-order valence-corrected chi connectivity index (χ3v) is 5.36. The number of carbonyl (C=O) groups excluding carboxylic acids is 1. The van der Waals surface area contributed by atoms with Gasteiger partial charge in [-0.3, -0.25) is 4.79 Å². The van der Waals surface area contributed by atoms with Crippen LogP contribution < -0.4 is 5.32 Å². The number of aryl methyl sites for hydroxylation is 2. The molecule has 0 aliphatic heterocycles. The summed E-state index contributed by atoms with van der Waals surface area (Å²) in [6.07, 6.45) is 0. The Kier molecular flexibility index (Phi) is 5.04. The van der Waals surface area contributed by atoms with Gasteiger partial charge < -0.3 is 5.32 Å². The molecule has 0 saturated heterocycles. The van der Waals surface area contributed by atoms with E-state index in [0.717, 1.165) is 21.6 Å². The average molecular weight is 388 g/mol. The fraction of sp³-hybridized carbons (Fsp3) is 0.136. The maximum Gasteiger partial charge on any atom is 0.281 e. The standard InChI is InChI=1S/C22H20N4OS/c1-15-9-11-17(12-10-15)20-24-22(23-14-18-7-5-13-28-18)26(25-20)21(27)19-8-4-3-6-16(19)2/h3-13H,14H2,1-2H3,(H,23,24,25). The van der Waals surface area contributed by atoms with Crippen LogP contribution in [0, 0.1) is 13.8 Å². The van der Waals surface area contributed by atoms with Crippen LogP contribution >= 0.6 is 11.3 Å². The number of benzene rings is 2. The Balaban J connectivity index is 1.72. The van der Waals surface area contributed by atoms with Crippen molar-refractivity contribution in [2.45, 2.75) is 20.4 Å². The predicted molar refractivity (Wildman–Crippen MR) is 113 cm³/mol. The Morgan fingerprint density at radius 3 is 2.54 bits per heavy atom. The molecule has 0 saturated carbocycles. The van der Waals surface area contributed by atoms with Crippen LogP contribution in [0.4, 0.5) is 5.95 Å². The molecule has 0 aliphatic rings. The largest absolute Gasteiger partial charge is 0.349 e. The van der Waals surface area contributed by atoms with Gasteiger partial charge in [0.2, 0.25) is 5.95 Å². The fourth-order valence-corrected chi connectivity index (χ4v) is 3.54. The minimum atomic E-state index is -0.197. The molecule has 1 N–H and O–H groups in total. The Labute approximate surface area is 167 Å². The van der Waals surface area contributed by atoms with Gasteiger partial charge in [-0.1, -0.05) is 54.1 Å². The molecular weight excluding hydrogens is 368 g/mol. The Hall–Kier alpha value is -3.25. The van der Waals surface area contributed by atoms with E-state index in [1.807, 2.05) is 79.9 Å². The molecule has 0 fully saturated rings. The van der Waals surface area contributed by atoms with Gasteiger partial charge >= 0.3 is 0 Å². The van der Waals surface area contributed by atoms with Gasteiger partial charge in [-0.05, 0) is 36.9 Å². The lowest BCUT2D eigenvalue weighted by molar-refractivity contribution is 0.0947. The summed E-state index contributed by atoms with van der Waals surface area (Å²) in [4.78, 5) is 18.9. The summed E-state index contributed by atoms with van der Waals surface area (Å²) in [6, 6.07) is 19.5. The summed E-state index contributed by atoms with van der Waals surface area (Å²) in [7, 11) is 0. The monoisotopic (exact) mass is 388 g/mol. The van der Waals surface area contributed by atoms with Crippen molar-refractivity contribution in [1.29, 1.82) is 0 Å². The zero-order chi connectivity index (χ0) is 19.5. The lowest BCUT2D eigenvalue weighted by atomic mass is 10.1. The maximum absolute atomic E-state index is 13.2. The first-order valence-corrected chi connectivity index (χ1v) is 9.90. The molecule has 0 aliphatic carbocycles. The molecule has 5 nitrogen and oxygen atoms in total. The molecule has 0 radical (unpaired) electrons. The van der Waals surface area contributed by atoms with Crippen molar-refractivity contribution < 1.29 is 4.79 Å². The summed E-state index contributed by atoms with van der Waals surface area (Å²) >= 11 is 1.66. The Morgan fingerprint density at radius 1 is 1.04 bits per heavy atom. The van der Waals surface area contributed by atoms with Crippen LogP contribution in [-0.4, -0.2) is 20.7 Å². The summed E-state index contributed by atoms with van der Waals surface area (Å²) in [5.74, 6) is 0.769. The van der Waals surface area contributed by atoms with Crippen LogP contribution in [0.25, 0.3) is 11.4 Å². The number of hydrogen-bond acceptors (Lipinski definition) is 5. The second kappa shape index (κ2) is 7.78. The highest BCUT2D eigenvalue weighted by Crippen LogP contribution is 2.21. The van der Waals surface area contributed by atoms with Gasteiger partial charge in [-0.15, -0.1) is 16.4 Å². The Bertz CT molecular complexity index is 1100. The van der Waals surface area contributed by atoms with Crippen molar-refractivity contribution in [2.75, 3.05) is 5.32 Å². The number of carbonyl (C=O) groups is 1. The van der Waals surface area contributed by atoms with Crippen LogP contribution in [-0.2, 0) is 6.54 Å². The molecule has 2 aromatic heterocycles. The second-order valence-corrected chi connectivity index (χ2v) is 7.62. The number of thiophene rings is 1. The molecule has 6 heteroatoms. The van der Waals surface area contributed by atoms with Crippen LogP contribution in [0.2, 0.25) is 0 Å². The van der Waals surface area contributed by atoms with Crippen molar-refractivity contribution in [3.63, 3.8) is 0 Å². The SMILES string of the molecule is Cc1ccc(-c2nc(NCc3cccs3)n(C(=O)c3ccccc3C)n2)cc1. The highest BCUT2D eigenvalue weighted by molar-refractivity contribution is 7.09. The van der Waals surface area contributed by atoms with Crippen molar-refractivity contribution in [3.05, 3.63) is 87.6 Å². The summed E-state index contributed by atoms with van der Waals surface area (Å²) < 4.78 is 1.37. The molecule has 0 amide bonds. The van der Waals surface area contributed by atoms with Gasteiger partial charge in [0.05, 0.1) is 6.54 Å². The minimum absolute atomic E-state index is 0.197.